The fraction of sp³-hybridized carbons (Fsp3) is 0.583. The van der Waals surface area contributed by atoms with Crippen LogP contribution in [-0.2, 0) is 4.74 Å². The van der Waals surface area contributed by atoms with Crippen molar-refractivity contribution in [3.63, 3.8) is 0 Å². The molecule has 5 amide bonds. The van der Waals surface area contributed by atoms with Crippen molar-refractivity contribution >= 4 is 29.3 Å². The number of likely N-dealkylation sites (N-methyl/N-ethyl adjacent to an activating group) is 1. The summed E-state index contributed by atoms with van der Waals surface area (Å²) in [7, 11) is 1.79. The molecule has 0 spiro atoms. The number of urea groups is 2. The van der Waals surface area contributed by atoms with E-state index in [2.05, 4.69) is 16.0 Å². The van der Waals surface area contributed by atoms with Crippen LogP contribution >= 0.6 is 0 Å². The van der Waals surface area contributed by atoms with Gasteiger partial charge in [-0.1, -0.05) is 44.4 Å². The van der Waals surface area contributed by atoms with Gasteiger partial charge in [-0.15, -0.1) is 0 Å². The Morgan fingerprint density at radius 2 is 1.68 bits per heavy atom. The van der Waals surface area contributed by atoms with E-state index < -0.39 is 12.1 Å². The van der Waals surface area contributed by atoms with Crippen LogP contribution in [0, 0.1) is 5.92 Å². The summed E-state index contributed by atoms with van der Waals surface area (Å²) < 4.78 is 12.7. The van der Waals surface area contributed by atoms with Crippen LogP contribution in [0.15, 0.2) is 48.5 Å². The van der Waals surface area contributed by atoms with E-state index in [-0.39, 0.29) is 49.3 Å². The van der Waals surface area contributed by atoms with E-state index in [1.54, 1.807) is 54.1 Å². The van der Waals surface area contributed by atoms with Crippen LogP contribution in [0.5, 0.6) is 5.75 Å². The third-order valence-electron chi connectivity index (χ3n) is 9.07. The molecular weight excluding hydrogens is 598 g/mol. The third kappa shape index (κ3) is 10.9. The largest absolute Gasteiger partial charge is 0.490 e. The van der Waals surface area contributed by atoms with Crippen molar-refractivity contribution in [1.82, 2.24) is 15.1 Å². The summed E-state index contributed by atoms with van der Waals surface area (Å²) in [6.45, 7) is 6.72. The van der Waals surface area contributed by atoms with Crippen LogP contribution in [0.3, 0.4) is 0 Å². The van der Waals surface area contributed by atoms with Gasteiger partial charge in [0, 0.05) is 50.1 Å². The van der Waals surface area contributed by atoms with Crippen molar-refractivity contribution in [2.24, 2.45) is 5.92 Å². The fourth-order valence-corrected chi connectivity index (χ4v) is 6.16. The second-order valence-electron chi connectivity index (χ2n) is 13.1. The van der Waals surface area contributed by atoms with Crippen molar-refractivity contribution in [2.45, 2.75) is 96.4 Å². The van der Waals surface area contributed by atoms with E-state index in [4.69, 9.17) is 9.47 Å². The molecule has 0 bridgehead atoms. The lowest BCUT2D eigenvalue weighted by atomic mass is 9.96. The van der Waals surface area contributed by atoms with E-state index in [1.807, 2.05) is 32.0 Å². The highest BCUT2D eigenvalue weighted by atomic mass is 16.5. The topological polar surface area (TPSA) is 132 Å². The number of benzene rings is 2. The highest BCUT2D eigenvalue weighted by molar-refractivity contribution is 6.02. The lowest BCUT2D eigenvalue weighted by molar-refractivity contribution is -0.0123. The van der Waals surface area contributed by atoms with E-state index in [1.165, 1.54) is 6.42 Å². The lowest BCUT2D eigenvalue weighted by Crippen LogP contribution is -2.50. The maximum atomic E-state index is 14.3. The maximum absolute atomic E-state index is 14.3. The minimum absolute atomic E-state index is 0.111. The number of fused-ring (bicyclic) bond motifs is 1. The van der Waals surface area contributed by atoms with Gasteiger partial charge in [0.25, 0.3) is 5.91 Å². The van der Waals surface area contributed by atoms with Crippen LogP contribution in [0.2, 0.25) is 0 Å². The minimum Gasteiger partial charge on any atom is -0.490 e. The first kappa shape index (κ1) is 36.0. The zero-order chi connectivity index (χ0) is 33.8. The molecule has 0 radical (unpaired) electrons. The molecule has 258 valence electrons. The number of nitrogens with zero attached hydrogens (tertiary/aromatic N) is 2. The number of aliphatic hydroxyl groups excluding tert-OH is 1. The Hall–Kier alpha value is -3.83. The second-order valence-corrected chi connectivity index (χ2v) is 13.1. The zero-order valence-electron chi connectivity index (χ0n) is 28.4. The van der Waals surface area contributed by atoms with E-state index in [0.29, 0.717) is 35.8 Å². The van der Waals surface area contributed by atoms with E-state index in [0.717, 1.165) is 44.9 Å². The normalized spacial score (nSPS) is 22.2. The highest BCUT2D eigenvalue weighted by Crippen LogP contribution is 2.29. The van der Waals surface area contributed by atoms with Gasteiger partial charge >= 0.3 is 12.1 Å². The van der Waals surface area contributed by atoms with Crippen LogP contribution in [0.25, 0.3) is 0 Å². The molecule has 4 N–H and O–H groups in total. The number of carbonyl (C=O) groups is 3. The molecule has 2 aromatic carbocycles. The maximum Gasteiger partial charge on any atom is 0.323 e. The van der Waals surface area contributed by atoms with Crippen molar-refractivity contribution in [2.75, 3.05) is 44.0 Å². The summed E-state index contributed by atoms with van der Waals surface area (Å²) in [5.41, 5.74) is 1.36. The summed E-state index contributed by atoms with van der Waals surface area (Å²) in [6, 6.07) is 13.3. The first-order valence-electron chi connectivity index (χ1n) is 17.1. The van der Waals surface area contributed by atoms with E-state index >= 15 is 0 Å². The average Bonchev–Trinajstić information content (AvgIpc) is 3.06. The van der Waals surface area contributed by atoms with Gasteiger partial charge in [-0.25, -0.2) is 9.59 Å². The molecule has 0 unspecified atom stereocenters. The Bertz CT molecular complexity index is 1300. The first-order chi connectivity index (χ1) is 22.6. The number of rotatable bonds is 7. The number of amides is 5. The molecule has 4 atom stereocenters. The van der Waals surface area contributed by atoms with Crippen molar-refractivity contribution < 1.29 is 29.0 Å². The number of carbonyl (C=O) groups excluding carboxylic acids is 3. The molecule has 1 aliphatic carbocycles. The molecule has 2 aromatic rings. The summed E-state index contributed by atoms with van der Waals surface area (Å²) in [6.07, 6.45) is 7.46. The summed E-state index contributed by atoms with van der Waals surface area (Å²) in [5, 5.41) is 19.0. The molecule has 47 heavy (non-hydrogen) atoms. The molecule has 4 rings (SSSR count). The Morgan fingerprint density at radius 3 is 2.40 bits per heavy atom. The summed E-state index contributed by atoms with van der Waals surface area (Å²) in [4.78, 5) is 43.6. The Labute approximate surface area is 279 Å². The summed E-state index contributed by atoms with van der Waals surface area (Å²) >= 11 is 0. The quantitative estimate of drug-likeness (QED) is 0.286. The van der Waals surface area contributed by atoms with Gasteiger partial charge in [0.05, 0.1) is 30.4 Å². The number of anilines is 2. The van der Waals surface area contributed by atoms with Gasteiger partial charge in [0.15, 0.2) is 0 Å². The van der Waals surface area contributed by atoms with Crippen molar-refractivity contribution in [3.8, 4) is 5.75 Å². The van der Waals surface area contributed by atoms with Gasteiger partial charge in [-0.05, 0) is 76.3 Å². The smallest absolute Gasteiger partial charge is 0.323 e. The van der Waals surface area contributed by atoms with Crippen molar-refractivity contribution in [3.05, 3.63) is 54.1 Å². The Balaban J connectivity index is 1.56. The number of aliphatic hydroxyl groups is 1. The predicted octanol–water partition coefficient (Wildman–Crippen LogP) is 6.10. The summed E-state index contributed by atoms with van der Waals surface area (Å²) in [5.74, 6) is -0.0720. The second kappa shape index (κ2) is 17.9. The molecule has 1 heterocycles. The molecule has 0 saturated heterocycles. The van der Waals surface area contributed by atoms with Gasteiger partial charge in [-0.2, -0.15) is 0 Å². The number of nitrogens with one attached hydrogen (secondary N) is 3. The Kier molecular flexibility index (Phi) is 13.7. The number of hydrogen-bond acceptors (Lipinski definition) is 6. The van der Waals surface area contributed by atoms with Crippen molar-refractivity contribution in [1.29, 1.82) is 0 Å². The zero-order valence-corrected chi connectivity index (χ0v) is 28.4. The molecule has 1 aliphatic heterocycles. The first-order valence-corrected chi connectivity index (χ1v) is 17.1. The monoisotopic (exact) mass is 651 g/mol. The minimum atomic E-state index is -0.505. The molecule has 0 aromatic heterocycles. The predicted molar refractivity (Wildman–Crippen MR) is 184 cm³/mol. The average molecular weight is 652 g/mol. The number of ether oxygens (including phenoxy) is 2. The SMILES string of the molecule is C[C@H]1CCCCO[C@@H](CN(C)C(=O)NC2CCCCC2)[C@@H](C)CN([C@@H](C)CO)C(=O)c2cc(NC(=O)Nc3ccccc3)ccc2O1. The molecule has 11 heteroatoms. The van der Waals surface area contributed by atoms with Gasteiger partial charge in [-0.3, -0.25) is 4.79 Å². The van der Waals surface area contributed by atoms with Crippen LogP contribution < -0.4 is 20.7 Å². The van der Waals surface area contributed by atoms with Gasteiger partial charge in [0.1, 0.15) is 5.75 Å². The van der Waals surface area contributed by atoms with Gasteiger partial charge in [0.2, 0.25) is 0 Å². The third-order valence-corrected chi connectivity index (χ3v) is 9.07. The van der Waals surface area contributed by atoms with Gasteiger partial charge < -0.3 is 40.3 Å². The van der Waals surface area contributed by atoms with E-state index in [9.17, 15) is 19.5 Å². The van der Waals surface area contributed by atoms with Crippen LogP contribution in [-0.4, -0.2) is 90.5 Å². The molecule has 1 fully saturated rings. The standard InChI is InChI=1S/C36H53N5O6/c1-25-22-41(26(2)24-42)34(43)31-21-30(38-35(44)37-28-14-7-5-8-15-28)18-19-32(31)47-27(3)13-11-12-20-46-33(25)23-40(4)36(45)39-29-16-9-6-10-17-29/h5,7-8,14-15,18-19,21,25-27,29,33,42H,6,9-13,16-17,20,22-24H2,1-4H3,(H,39,45)(H2,37,38,44)/t25-,26-,27-,33-/m0/s1. The molecule has 1 saturated carbocycles. The molecule has 2 aliphatic rings. The lowest BCUT2D eigenvalue weighted by Gasteiger charge is -2.36. The number of para-hydroxylation sites is 1. The molecular formula is C36H53N5O6. The fourth-order valence-electron chi connectivity index (χ4n) is 6.16. The van der Waals surface area contributed by atoms with Crippen LogP contribution in [0.4, 0.5) is 21.0 Å². The molecule has 11 nitrogen and oxygen atoms in total. The Morgan fingerprint density at radius 1 is 0.979 bits per heavy atom. The highest BCUT2D eigenvalue weighted by Gasteiger charge is 2.31. The number of hydrogen-bond donors (Lipinski definition) is 4. The van der Waals surface area contributed by atoms with Crippen LogP contribution in [0.1, 0.15) is 82.5 Å².